The maximum Gasteiger partial charge on any atom is 0.488 e. The lowest BCUT2D eigenvalue weighted by atomic mass is 9.48. The first-order valence-corrected chi connectivity index (χ1v) is 8.33. The first-order chi connectivity index (χ1) is 9.61. The van der Waals surface area contributed by atoms with Gasteiger partial charge >= 0.3 is 14.0 Å². The van der Waals surface area contributed by atoms with Crippen LogP contribution >= 0.6 is 0 Å². The zero-order valence-corrected chi connectivity index (χ0v) is 16.1. The van der Waals surface area contributed by atoms with E-state index < -0.39 is 30.8 Å². The lowest BCUT2D eigenvalue weighted by molar-refractivity contribution is -0.0352. The van der Waals surface area contributed by atoms with E-state index in [1.807, 2.05) is 41.5 Å². The molecule has 1 fully saturated rings. The van der Waals surface area contributed by atoms with Crippen LogP contribution in [-0.4, -0.2) is 35.8 Å². The summed E-state index contributed by atoms with van der Waals surface area (Å²) in [5.74, 6) is 0.562. The monoisotopic (exact) mass is 312 g/mol. The summed E-state index contributed by atoms with van der Waals surface area (Å²) < 4.78 is 17.7. The van der Waals surface area contributed by atoms with Gasteiger partial charge in [0.05, 0.1) is 16.8 Å². The summed E-state index contributed by atoms with van der Waals surface area (Å²) in [5.41, 5.74) is -1.52. The second kappa shape index (κ2) is 6.12. The summed E-state index contributed by atoms with van der Waals surface area (Å²) in [4.78, 5) is 0. The molecule has 0 saturated carbocycles. The molecule has 0 radical (unpaired) electrons. The smallest absolute Gasteiger partial charge is 0.429 e. The van der Waals surface area contributed by atoms with Crippen molar-refractivity contribution in [2.75, 3.05) is 0 Å². The molecule has 0 bridgehead atoms. The predicted octanol–water partition coefficient (Wildman–Crippen LogP) is 3.51. The molecule has 0 unspecified atom stereocenters. The molecule has 4 nitrogen and oxygen atoms in total. The molecule has 0 atom stereocenters. The fourth-order valence-corrected chi connectivity index (χ4v) is 2.79. The van der Waals surface area contributed by atoms with Gasteiger partial charge in [0.1, 0.15) is 0 Å². The van der Waals surface area contributed by atoms with E-state index in [0.29, 0.717) is 5.92 Å². The Bertz CT molecular complexity index is 376. The Balaban J connectivity index is 2.78. The van der Waals surface area contributed by atoms with E-state index in [9.17, 15) is 5.02 Å². The van der Waals surface area contributed by atoms with Crippen LogP contribution in [0.1, 0.15) is 75.7 Å². The highest BCUT2D eigenvalue weighted by molar-refractivity contribution is 7.10. The molecule has 1 aliphatic rings. The quantitative estimate of drug-likeness (QED) is 0.763. The van der Waals surface area contributed by atoms with Gasteiger partial charge in [-0.3, -0.25) is 0 Å². The van der Waals surface area contributed by atoms with Gasteiger partial charge < -0.3 is 19.0 Å². The maximum absolute atomic E-state index is 10.5. The third-order valence-corrected chi connectivity index (χ3v) is 5.47. The summed E-state index contributed by atoms with van der Waals surface area (Å²) in [5, 5.41) is 10.5. The standard InChI is InChI=1S/C16H34B2O4/c1-12(2)11-13(3,4)14(5,6)20-17(19)18-21-15(7,8)16(9,10)22-18/h12,19H,11H2,1-10H3. The van der Waals surface area contributed by atoms with Crippen LogP contribution in [0, 0.1) is 11.3 Å². The molecule has 1 aliphatic heterocycles. The van der Waals surface area contributed by atoms with Crippen molar-refractivity contribution < 1.29 is 19.0 Å². The molecular formula is C16H34B2O4. The van der Waals surface area contributed by atoms with Crippen LogP contribution in [0.4, 0.5) is 0 Å². The number of hydrogen-bond donors (Lipinski definition) is 1. The Morgan fingerprint density at radius 1 is 1.05 bits per heavy atom. The third-order valence-electron chi connectivity index (χ3n) is 5.47. The molecule has 1 rings (SSSR count). The molecule has 1 heterocycles. The van der Waals surface area contributed by atoms with E-state index in [2.05, 4.69) is 27.7 Å². The zero-order valence-electron chi connectivity index (χ0n) is 16.1. The Labute approximate surface area is 137 Å². The fraction of sp³-hybridized carbons (Fsp3) is 1.00. The van der Waals surface area contributed by atoms with Crippen molar-refractivity contribution in [3.8, 4) is 0 Å². The van der Waals surface area contributed by atoms with Crippen molar-refractivity contribution >= 4 is 14.0 Å². The highest BCUT2D eigenvalue weighted by atomic mass is 16.7. The second-order valence-corrected chi connectivity index (χ2v) is 9.13. The molecule has 0 aromatic heterocycles. The van der Waals surface area contributed by atoms with Crippen molar-refractivity contribution in [1.29, 1.82) is 0 Å². The number of hydrogen-bond acceptors (Lipinski definition) is 4. The van der Waals surface area contributed by atoms with Crippen molar-refractivity contribution in [3.63, 3.8) is 0 Å². The van der Waals surface area contributed by atoms with E-state index in [0.717, 1.165) is 6.42 Å². The van der Waals surface area contributed by atoms with Crippen LogP contribution in [0.15, 0.2) is 0 Å². The van der Waals surface area contributed by atoms with Gasteiger partial charge in [-0.25, -0.2) is 0 Å². The van der Waals surface area contributed by atoms with E-state index in [1.54, 1.807) is 0 Å². The lowest BCUT2D eigenvalue weighted by Crippen LogP contribution is -2.52. The average molecular weight is 312 g/mol. The fourth-order valence-electron chi connectivity index (χ4n) is 2.79. The van der Waals surface area contributed by atoms with Crippen LogP contribution in [-0.2, 0) is 14.0 Å². The molecule has 1 saturated heterocycles. The first kappa shape index (κ1) is 20.0. The Morgan fingerprint density at radius 2 is 1.45 bits per heavy atom. The van der Waals surface area contributed by atoms with Gasteiger partial charge in [-0.2, -0.15) is 0 Å². The molecule has 0 spiro atoms. The Kier molecular flexibility index (Phi) is 5.57. The highest BCUT2D eigenvalue weighted by Crippen LogP contribution is 2.41. The van der Waals surface area contributed by atoms with Crippen LogP contribution in [0.3, 0.4) is 0 Å². The molecule has 128 valence electrons. The van der Waals surface area contributed by atoms with Crippen LogP contribution in [0.2, 0.25) is 0 Å². The Hall–Kier alpha value is -0.0301. The summed E-state index contributed by atoms with van der Waals surface area (Å²) in [7, 11) is -1.87. The highest BCUT2D eigenvalue weighted by Gasteiger charge is 2.57. The Morgan fingerprint density at radius 3 is 1.82 bits per heavy atom. The van der Waals surface area contributed by atoms with E-state index in [1.165, 1.54) is 0 Å². The SMILES string of the molecule is CC(C)CC(C)(C)C(C)(C)OB(O)B1OC(C)(C)C(C)(C)O1. The zero-order chi connectivity index (χ0) is 17.6. The molecule has 6 heteroatoms. The van der Waals surface area contributed by atoms with E-state index in [4.69, 9.17) is 14.0 Å². The van der Waals surface area contributed by atoms with Gasteiger partial charge in [0.25, 0.3) is 0 Å². The first-order valence-electron chi connectivity index (χ1n) is 8.33. The van der Waals surface area contributed by atoms with Crippen LogP contribution in [0.25, 0.3) is 0 Å². The van der Waals surface area contributed by atoms with Gasteiger partial charge in [0.2, 0.25) is 0 Å². The second-order valence-electron chi connectivity index (χ2n) is 9.13. The molecular weight excluding hydrogens is 278 g/mol. The largest absolute Gasteiger partial charge is 0.488 e. The normalized spacial score (nSPS) is 21.5. The molecule has 0 aromatic rings. The predicted molar refractivity (Wildman–Crippen MR) is 92.5 cm³/mol. The summed E-state index contributed by atoms with van der Waals surface area (Å²) in [6, 6.07) is 0. The molecule has 0 aliphatic carbocycles. The molecule has 0 amide bonds. The van der Waals surface area contributed by atoms with Gasteiger partial charge in [0, 0.05) is 0 Å². The van der Waals surface area contributed by atoms with Crippen molar-refractivity contribution in [2.45, 2.75) is 92.5 Å². The summed E-state index contributed by atoms with van der Waals surface area (Å²) in [6.45, 7) is 20.6. The summed E-state index contributed by atoms with van der Waals surface area (Å²) in [6.07, 6.45) is 1.01. The molecule has 1 N–H and O–H groups in total. The van der Waals surface area contributed by atoms with Gasteiger partial charge in [-0.1, -0.05) is 27.7 Å². The van der Waals surface area contributed by atoms with Gasteiger partial charge in [0.15, 0.2) is 0 Å². The van der Waals surface area contributed by atoms with Gasteiger partial charge in [-0.15, -0.1) is 0 Å². The summed E-state index contributed by atoms with van der Waals surface area (Å²) >= 11 is 0. The third kappa shape index (κ3) is 4.08. The average Bonchev–Trinajstić information content (AvgIpc) is 2.45. The lowest BCUT2D eigenvalue weighted by Gasteiger charge is -2.44. The molecule has 0 aromatic carbocycles. The maximum atomic E-state index is 10.5. The minimum absolute atomic E-state index is 0.0776. The minimum atomic E-state index is -1.11. The topological polar surface area (TPSA) is 47.9 Å². The van der Waals surface area contributed by atoms with E-state index >= 15 is 0 Å². The molecule has 22 heavy (non-hydrogen) atoms. The minimum Gasteiger partial charge on any atom is -0.429 e. The van der Waals surface area contributed by atoms with Crippen molar-refractivity contribution in [3.05, 3.63) is 0 Å². The van der Waals surface area contributed by atoms with E-state index in [-0.39, 0.29) is 5.41 Å². The van der Waals surface area contributed by atoms with Crippen LogP contribution in [0.5, 0.6) is 0 Å². The van der Waals surface area contributed by atoms with Crippen molar-refractivity contribution in [2.24, 2.45) is 11.3 Å². The van der Waals surface area contributed by atoms with Gasteiger partial charge in [-0.05, 0) is 59.3 Å². The van der Waals surface area contributed by atoms with Crippen molar-refractivity contribution in [1.82, 2.24) is 0 Å². The van der Waals surface area contributed by atoms with Crippen LogP contribution < -0.4 is 0 Å². The number of rotatable bonds is 6.